The fourth-order valence-electron chi connectivity index (χ4n) is 3.93. The fourth-order valence-corrected chi connectivity index (χ4v) is 4.56. The summed E-state index contributed by atoms with van der Waals surface area (Å²) in [6.45, 7) is 4.25. The van der Waals surface area contributed by atoms with Gasteiger partial charge in [0, 0.05) is 38.5 Å². The minimum absolute atomic E-state index is 0. The molecule has 0 unspecified atom stereocenters. The lowest BCUT2D eigenvalue weighted by Gasteiger charge is -2.38. The highest BCUT2D eigenvalue weighted by atomic mass is 35.5. The predicted octanol–water partition coefficient (Wildman–Crippen LogP) is 3.07. The van der Waals surface area contributed by atoms with Crippen LogP contribution in [0.25, 0.3) is 0 Å². The second-order valence-corrected chi connectivity index (χ2v) is 8.63. The minimum Gasteiger partial charge on any atom is -0.314 e. The molecule has 1 atom stereocenters. The molecule has 1 N–H and O–H groups in total. The van der Waals surface area contributed by atoms with Crippen LogP contribution in [0.1, 0.15) is 37.3 Å². The second kappa shape index (κ2) is 9.39. The molecule has 1 saturated heterocycles. The van der Waals surface area contributed by atoms with Crippen molar-refractivity contribution in [2.75, 3.05) is 32.4 Å². The van der Waals surface area contributed by atoms with Crippen molar-refractivity contribution in [1.29, 1.82) is 0 Å². The Hall–Kier alpha value is -0.330. The highest BCUT2D eigenvalue weighted by Crippen LogP contribution is 2.39. The lowest BCUT2D eigenvalue weighted by atomic mass is 9.90. The van der Waals surface area contributed by atoms with Crippen molar-refractivity contribution in [2.24, 2.45) is 5.92 Å². The van der Waals surface area contributed by atoms with E-state index >= 15 is 0 Å². The molecule has 1 aromatic carbocycles. The number of hydrogen-bond acceptors (Lipinski definition) is 4. The molecule has 1 aromatic rings. The third-order valence-electron chi connectivity index (χ3n) is 5.04. The van der Waals surface area contributed by atoms with Crippen molar-refractivity contribution < 1.29 is 8.42 Å². The van der Waals surface area contributed by atoms with E-state index in [0.717, 1.165) is 26.2 Å². The predicted molar refractivity (Wildman–Crippen MR) is 103 cm³/mol. The molecule has 1 saturated carbocycles. The molecule has 138 valence electrons. The van der Waals surface area contributed by atoms with E-state index in [2.05, 4.69) is 10.2 Å². The SMILES string of the molecule is CS(=O)(=O)c1ccc([C@@H](C2CCCC2)N2CCNCC2)cc1.Cl.Cl. The summed E-state index contributed by atoms with van der Waals surface area (Å²) < 4.78 is 23.3. The number of piperazine rings is 1. The second-order valence-electron chi connectivity index (χ2n) is 6.62. The largest absolute Gasteiger partial charge is 0.314 e. The van der Waals surface area contributed by atoms with Gasteiger partial charge in [-0.05, 0) is 36.5 Å². The summed E-state index contributed by atoms with van der Waals surface area (Å²) in [5.41, 5.74) is 1.28. The van der Waals surface area contributed by atoms with Gasteiger partial charge in [0.05, 0.1) is 4.90 Å². The zero-order valence-electron chi connectivity index (χ0n) is 14.1. The van der Waals surface area contributed by atoms with Crippen molar-refractivity contribution in [1.82, 2.24) is 10.2 Å². The van der Waals surface area contributed by atoms with Crippen LogP contribution in [-0.2, 0) is 9.84 Å². The van der Waals surface area contributed by atoms with Crippen LogP contribution >= 0.6 is 24.8 Å². The number of halogens is 2. The Kier molecular flexibility index (Phi) is 8.50. The van der Waals surface area contributed by atoms with Crippen LogP contribution in [-0.4, -0.2) is 45.8 Å². The first-order chi connectivity index (χ1) is 10.6. The van der Waals surface area contributed by atoms with Crippen molar-refractivity contribution in [3.63, 3.8) is 0 Å². The first kappa shape index (κ1) is 21.7. The van der Waals surface area contributed by atoms with Gasteiger partial charge in [0.15, 0.2) is 9.84 Å². The molecule has 4 nitrogen and oxygen atoms in total. The van der Waals surface area contributed by atoms with E-state index in [4.69, 9.17) is 0 Å². The molecule has 0 amide bonds. The van der Waals surface area contributed by atoms with Crippen LogP contribution < -0.4 is 5.32 Å². The standard InChI is InChI=1S/C17H26N2O2S.2ClH/c1-22(20,21)16-8-6-15(7-9-16)17(14-4-2-3-5-14)19-12-10-18-11-13-19;;/h6-9,14,17-18H,2-5,10-13H2,1H3;2*1H/t17-;;/m1../s1. The van der Waals surface area contributed by atoms with E-state index in [9.17, 15) is 8.42 Å². The molecule has 0 aromatic heterocycles. The van der Waals surface area contributed by atoms with Gasteiger partial charge in [0.25, 0.3) is 0 Å². The van der Waals surface area contributed by atoms with Gasteiger partial charge in [-0.25, -0.2) is 8.42 Å². The molecule has 2 aliphatic rings. The number of nitrogens with one attached hydrogen (secondary N) is 1. The third kappa shape index (κ3) is 5.09. The van der Waals surface area contributed by atoms with Gasteiger partial charge >= 0.3 is 0 Å². The highest BCUT2D eigenvalue weighted by Gasteiger charge is 2.31. The van der Waals surface area contributed by atoms with Gasteiger partial charge in [0.1, 0.15) is 0 Å². The maximum Gasteiger partial charge on any atom is 0.175 e. The van der Waals surface area contributed by atoms with E-state index in [1.54, 1.807) is 12.1 Å². The van der Waals surface area contributed by atoms with Crippen LogP contribution in [0.4, 0.5) is 0 Å². The van der Waals surface area contributed by atoms with Crippen molar-refractivity contribution in [3.8, 4) is 0 Å². The van der Waals surface area contributed by atoms with Crippen molar-refractivity contribution >= 4 is 34.7 Å². The topological polar surface area (TPSA) is 49.4 Å². The van der Waals surface area contributed by atoms with Gasteiger partial charge in [-0.15, -0.1) is 24.8 Å². The summed E-state index contributed by atoms with van der Waals surface area (Å²) in [4.78, 5) is 3.00. The smallest absolute Gasteiger partial charge is 0.175 e. The first-order valence-corrected chi connectivity index (χ1v) is 10.2. The first-order valence-electron chi connectivity index (χ1n) is 8.30. The molecule has 24 heavy (non-hydrogen) atoms. The van der Waals surface area contributed by atoms with Gasteiger partial charge in [-0.1, -0.05) is 25.0 Å². The van der Waals surface area contributed by atoms with Gasteiger partial charge in [-0.2, -0.15) is 0 Å². The normalized spacial score (nSPS) is 20.9. The Morgan fingerprint density at radius 1 is 1.04 bits per heavy atom. The van der Waals surface area contributed by atoms with Gasteiger partial charge in [0.2, 0.25) is 0 Å². The summed E-state index contributed by atoms with van der Waals surface area (Å²) in [6, 6.07) is 8.05. The summed E-state index contributed by atoms with van der Waals surface area (Å²) in [6.07, 6.45) is 6.51. The summed E-state index contributed by atoms with van der Waals surface area (Å²) in [7, 11) is -3.11. The number of nitrogens with zero attached hydrogens (tertiary/aromatic N) is 1. The average molecular weight is 395 g/mol. The lowest BCUT2D eigenvalue weighted by Crippen LogP contribution is -2.46. The van der Waals surface area contributed by atoms with Crippen LogP contribution in [0.15, 0.2) is 29.2 Å². The summed E-state index contributed by atoms with van der Waals surface area (Å²) in [5, 5.41) is 3.42. The molecule has 0 spiro atoms. The molecule has 1 heterocycles. The van der Waals surface area contributed by atoms with Crippen molar-refractivity contribution in [3.05, 3.63) is 29.8 Å². The molecule has 7 heteroatoms. The highest BCUT2D eigenvalue weighted by molar-refractivity contribution is 7.90. The zero-order chi connectivity index (χ0) is 15.6. The monoisotopic (exact) mass is 394 g/mol. The maximum atomic E-state index is 11.7. The van der Waals surface area contributed by atoms with Crippen LogP contribution in [0.3, 0.4) is 0 Å². The van der Waals surface area contributed by atoms with Gasteiger partial charge < -0.3 is 5.32 Å². The van der Waals surface area contributed by atoms with Crippen LogP contribution in [0.2, 0.25) is 0 Å². The Morgan fingerprint density at radius 2 is 1.58 bits per heavy atom. The molecule has 2 fully saturated rings. The van der Waals surface area contributed by atoms with Crippen LogP contribution in [0, 0.1) is 5.92 Å². The number of benzene rings is 1. The maximum absolute atomic E-state index is 11.7. The van der Waals surface area contributed by atoms with E-state index < -0.39 is 9.84 Å². The van der Waals surface area contributed by atoms with Gasteiger partial charge in [-0.3, -0.25) is 4.90 Å². The lowest BCUT2D eigenvalue weighted by molar-refractivity contribution is 0.125. The minimum atomic E-state index is -3.11. The number of rotatable bonds is 4. The number of hydrogen-bond donors (Lipinski definition) is 1. The molecule has 3 rings (SSSR count). The molecule has 0 radical (unpaired) electrons. The summed E-state index contributed by atoms with van der Waals surface area (Å²) in [5.74, 6) is 0.710. The quantitative estimate of drug-likeness (QED) is 0.852. The number of sulfone groups is 1. The molecule has 0 bridgehead atoms. The van der Waals surface area contributed by atoms with Crippen molar-refractivity contribution in [2.45, 2.75) is 36.6 Å². The van der Waals surface area contributed by atoms with E-state index in [1.165, 1.54) is 37.5 Å². The Labute approximate surface area is 158 Å². The fraction of sp³-hybridized carbons (Fsp3) is 0.647. The van der Waals surface area contributed by atoms with E-state index in [1.807, 2.05) is 12.1 Å². The molecule has 1 aliphatic heterocycles. The Bertz CT molecular complexity index is 596. The van der Waals surface area contributed by atoms with E-state index in [0.29, 0.717) is 16.9 Å². The Balaban J connectivity index is 0.00000144. The average Bonchev–Trinajstić information content (AvgIpc) is 3.02. The zero-order valence-corrected chi connectivity index (χ0v) is 16.6. The molecule has 1 aliphatic carbocycles. The van der Waals surface area contributed by atoms with E-state index in [-0.39, 0.29) is 24.8 Å². The Morgan fingerprint density at radius 3 is 2.08 bits per heavy atom. The molecular formula is C17H28Cl2N2O2S. The summed E-state index contributed by atoms with van der Waals surface area (Å²) >= 11 is 0. The third-order valence-corrected chi connectivity index (χ3v) is 6.17. The molecular weight excluding hydrogens is 367 g/mol. The van der Waals surface area contributed by atoms with Crippen LogP contribution in [0.5, 0.6) is 0 Å².